The molecule has 0 spiro atoms. The Balaban J connectivity index is 2.80. The number of para-hydroxylation sites is 1. The van der Waals surface area contributed by atoms with Gasteiger partial charge in [0, 0.05) is 0 Å². The van der Waals surface area contributed by atoms with Crippen LogP contribution in [0, 0.1) is 0 Å². The van der Waals surface area contributed by atoms with Gasteiger partial charge in [0.25, 0.3) is 0 Å². The maximum Gasteiger partial charge on any atom is 0.122 e. The standard InChI is InChI=1S/C13H21NO/c1-3-4-7-11(10-14)12-8-5-6-9-13(12)15-2/h5-6,8-9,11H,3-4,7,10,14H2,1-2H3. The summed E-state index contributed by atoms with van der Waals surface area (Å²) in [4.78, 5) is 0. The van der Waals surface area contributed by atoms with Gasteiger partial charge in [0.05, 0.1) is 7.11 Å². The Kier molecular flexibility index (Phi) is 5.19. The van der Waals surface area contributed by atoms with Crippen molar-refractivity contribution < 1.29 is 4.74 Å². The molecule has 1 aromatic carbocycles. The number of hydrogen-bond donors (Lipinski definition) is 1. The van der Waals surface area contributed by atoms with Gasteiger partial charge in [-0.3, -0.25) is 0 Å². The molecule has 0 aliphatic carbocycles. The van der Waals surface area contributed by atoms with Crippen molar-refractivity contribution in [2.45, 2.75) is 32.1 Å². The van der Waals surface area contributed by atoms with Crippen LogP contribution in [-0.2, 0) is 0 Å². The molecule has 0 radical (unpaired) electrons. The molecule has 0 heterocycles. The Hall–Kier alpha value is -1.02. The monoisotopic (exact) mass is 207 g/mol. The van der Waals surface area contributed by atoms with E-state index in [1.165, 1.54) is 18.4 Å². The van der Waals surface area contributed by atoms with Crippen molar-refractivity contribution >= 4 is 0 Å². The van der Waals surface area contributed by atoms with Crippen molar-refractivity contribution in [2.75, 3.05) is 13.7 Å². The van der Waals surface area contributed by atoms with E-state index in [0.29, 0.717) is 12.5 Å². The van der Waals surface area contributed by atoms with Gasteiger partial charge in [-0.2, -0.15) is 0 Å². The largest absolute Gasteiger partial charge is 0.496 e. The molecule has 1 atom stereocenters. The summed E-state index contributed by atoms with van der Waals surface area (Å²) in [6.07, 6.45) is 3.58. The second-order valence-electron chi connectivity index (χ2n) is 3.82. The number of ether oxygens (including phenoxy) is 1. The van der Waals surface area contributed by atoms with E-state index in [9.17, 15) is 0 Å². The smallest absolute Gasteiger partial charge is 0.122 e. The summed E-state index contributed by atoms with van der Waals surface area (Å²) in [7, 11) is 1.71. The Morgan fingerprint density at radius 3 is 2.67 bits per heavy atom. The van der Waals surface area contributed by atoms with E-state index < -0.39 is 0 Å². The van der Waals surface area contributed by atoms with Crippen molar-refractivity contribution in [3.05, 3.63) is 29.8 Å². The van der Waals surface area contributed by atoms with Gasteiger partial charge in [-0.25, -0.2) is 0 Å². The minimum Gasteiger partial charge on any atom is -0.496 e. The quantitative estimate of drug-likeness (QED) is 0.778. The van der Waals surface area contributed by atoms with Crippen LogP contribution in [-0.4, -0.2) is 13.7 Å². The molecule has 2 N–H and O–H groups in total. The molecule has 0 aliphatic rings. The highest BCUT2D eigenvalue weighted by atomic mass is 16.5. The van der Waals surface area contributed by atoms with Crippen molar-refractivity contribution in [2.24, 2.45) is 5.73 Å². The molecule has 2 nitrogen and oxygen atoms in total. The molecule has 0 saturated heterocycles. The molecule has 0 aliphatic heterocycles. The lowest BCUT2D eigenvalue weighted by Crippen LogP contribution is -2.13. The van der Waals surface area contributed by atoms with E-state index in [-0.39, 0.29) is 0 Å². The maximum atomic E-state index is 5.81. The number of nitrogens with two attached hydrogens (primary N) is 1. The zero-order chi connectivity index (χ0) is 11.1. The van der Waals surface area contributed by atoms with Crippen LogP contribution in [0.5, 0.6) is 5.75 Å². The van der Waals surface area contributed by atoms with Gasteiger partial charge >= 0.3 is 0 Å². The number of hydrogen-bond acceptors (Lipinski definition) is 2. The fraction of sp³-hybridized carbons (Fsp3) is 0.538. The van der Waals surface area contributed by atoms with Gasteiger partial charge < -0.3 is 10.5 Å². The first-order valence-electron chi connectivity index (χ1n) is 5.66. The average Bonchev–Trinajstić information content (AvgIpc) is 2.30. The molecule has 0 fully saturated rings. The number of rotatable bonds is 6. The van der Waals surface area contributed by atoms with Crippen LogP contribution in [0.15, 0.2) is 24.3 Å². The van der Waals surface area contributed by atoms with E-state index in [1.807, 2.05) is 18.2 Å². The Labute approximate surface area is 92.4 Å². The third-order valence-corrected chi connectivity index (χ3v) is 2.77. The highest BCUT2D eigenvalue weighted by molar-refractivity contribution is 5.36. The molecule has 15 heavy (non-hydrogen) atoms. The first-order valence-corrected chi connectivity index (χ1v) is 5.66. The van der Waals surface area contributed by atoms with Crippen LogP contribution in [0.4, 0.5) is 0 Å². The van der Waals surface area contributed by atoms with Gasteiger partial charge in [0.1, 0.15) is 5.75 Å². The highest BCUT2D eigenvalue weighted by Gasteiger charge is 2.13. The fourth-order valence-corrected chi connectivity index (χ4v) is 1.85. The van der Waals surface area contributed by atoms with Crippen molar-refractivity contribution in [3.8, 4) is 5.75 Å². The molecule has 0 amide bonds. The van der Waals surface area contributed by atoms with E-state index in [0.717, 1.165) is 12.2 Å². The topological polar surface area (TPSA) is 35.2 Å². The summed E-state index contributed by atoms with van der Waals surface area (Å²) in [6, 6.07) is 8.16. The normalized spacial score (nSPS) is 12.5. The van der Waals surface area contributed by atoms with Crippen molar-refractivity contribution in [1.82, 2.24) is 0 Å². The summed E-state index contributed by atoms with van der Waals surface area (Å²) >= 11 is 0. The summed E-state index contributed by atoms with van der Waals surface area (Å²) in [5.41, 5.74) is 7.06. The van der Waals surface area contributed by atoms with Crippen LogP contribution >= 0.6 is 0 Å². The van der Waals surface area contributed by atoms with Gasteiger partial charge in [0.15, 0.2) is 0 Å². The van der Waals surface area contributed by atoms with E-state index in [2.05, 4.69) is 13.0 Å². The predicted molar refractivity (Wildman–Crippen MR) is 64.3 cm³/mol. The van der Waals surface area contributed by atoms with Gasteiger partial charge in [-0.05, 0) is 30.5 Å². The van der Waals surface area contributed by atoms with Crippen LogP contribution in [0.2, 0.25) is 0 Å². The van der Waals surface area contributed by atoms with Gasteiger partial charge in [-0.1, -0.05) is 38.0 Å². The summed E-state index contributed by atoms with van der Waals surface area (Å²) in [6.45, 7) is 2.90. The van der Waals surface area contributed by atoms with Crippen LogP contribution in [0.25, 0.3) is 0 Å². The molecule has 2 heteroatoms. The minimum absolute atomic E-state index is 0.432. The van der Waals surface area contributed by atoms with Crippen LogP contribution < -0.4 is 10.5 Å². The molecular formula is C13H21NO. The minimum atomic E-state index is 0.432. The fourth-order valence-electron chi connectivity index (χ4n) is 1.85. The predicted octanol–water partition coefficient (Wildman–Crippen LogP) is 2.93. The Morgan fingerprint density at radius 1 is 1.33 bits per heavy atom. The lowest BCUT2D eigenvalue weighted by atomic mass is 9.93. The first-order chi connectivity index (χ1) is 7.33. The molecule has 84 valence electrons. The lowest BCUT2D eigenvalue weighted by molar-refractivity contribution is 0.403. The number of methoxy groups -OCH3 is 1. The highest BCUT2D eigenvalue weighted by Crippen LogP contribution is 2.29. The number of unbranched alkanes of at least 4 members (excludes halogenated alkanes) is 1. The molecule has 1 aromatic rings. The third-order valence-electron chi connectivity index (χ3n) is 2.77. The Bertz CT molecular complexity index is 286. The zero-order valence-electron chi connectivity index (χ0n) is 9.70. The number of benzene rings is 1. The Morgan fingerprint density at radius 2 is 2.07 bits per heavy atom. The molecule has 1 unspecified atom stereocenters. The summed E-state index contributed by atoms with van der Waals surface area (Å²) < 4.78 is 5.35. The van der Waals surface area contributed by atoms with E-state index in [1.54, 1.807) is 7.11 Å². The van der Waals surface area contributed by atoms with Crippen molar-refractivity contribution in [3.63, 3.8) is 0 Å². The first kappa shape index (κ1) is 12.1. The van der Waals surface area contributed by atoms with E-state index >= 15 is 0 Å². The van der Waals surface area contributed by atoms with E-state index in [4.69, 9.17) is 10.5 Å². The van der Waals surface area contributed by atoms with Crippen LogP contribution in [0.1, 0.15) is 37.7 Å². The molecular weight excluding hydrogens is 186 g/mol. The molecule has 1 rings (SSSR count). The van der Waals surface area contributed by atoms with Gasteiger partial charge in [0.2, 0.25) is 0 Å². The molecule has 0 saturated carbocycles. The lowest BCUT2D eigenvalue weighted by Gasteiger charge is -2.17. The van der Waals surface area contributed by atoms with Crippen molar-refractivity contribution in [1.29, 1.82) is 0 Å². The molecule has 0 aromatic heterocycles. The maximum absolute atomic E-state index is 5.81. The van der Waals surface area contributed by atoms with Gasteiger partial charge in [-0.15, -0.1) is 0 Å². The zero-order valence-corrected chi connectivity index (χ0v) is 9.70. The molecule has 0 bridgehead atoms. The average molecular weight is 207 g/mol. The third kappa shape index (κ3) is 3.24. The summed E-state index contributed by atoms with van der Waals surface area (Å²) in [5.74, 6) is 1.39. The SMILES string of the molecule is CCCCC(CN)c1ccccc1OC. The second-order valence-corrected chi connectivity index (χ2v) is 3.82. The van der Waals surface area contributed by atoms with Crippen LogP contribution in [0.3, 0.4) is 0 Å². The summed E-state index contributed by atoms with van der Waals surface area (Å²) in [5, 5.41) is 0. The second kappa shape index (κ2) is 6.46.